The van der Waals surface area contributed by atoms with Gasteiger partial charge in [0.15, 0.2) is 0 Å². The molecule has 0 fully saturated rings. The van der Waals surface area contributed by atoms with E-state index in [2.05, 4.69) is 50.2 Å². The zero-order chi connectivity index (χ0) is 16.5. The molecule has 0 unspecified atom stereocenters. The molecule has 2 rings (SSSR count). The van der Waals surface area contributed by atoms with Crippen molar-refractivity contribution in [1.82, 2.24) is 0 Å². The van der Waals surface area contributed by atoms with Crippen LogP contribution in [0.5, 0.6) is 5.75 Å². The van der Waals surface area contributed by atoms with Crippen molar-refractivity contribution < 1.29 is 4.74 Å². The Morgan fingerprint density at radius 1 is 0.870 bits per heavy atom. The van der Waals surface area contributed by atoms with E-state index in [1.165, 1.54) is 22.3 Å². The highest BCUT2D eigenvalue weighted by molar-refractivity contribution is 6.17. The number of ether oxygens (including phenoxy) is 1. The Kier molecular flexibility index (Phi) is 7.48. The summed E-state index contributed by atoms with van der Waals surface area (Å²) < 4.78 is 5.92. The van der Waals surface area contributed by atoms with Gasteiger partial charge in [-0.2, -0.15) is 0 Å². The van der Waals surface area contributed by atoms with Gasteiger partial charge in [0.2, 0.25) is 0 Å². The quantitative estimate of drug-likeness (QED) is 0.389. The highest BCUT2D eigenvalue weighted by Crippen LogP contribution is 2.31. The first kappa shape index (κ1) is 17.9. The SMILES string of the molecule is CCc1cccc(CC)c1-c1cccc(OCCCCCCl)c1. The van der Waals surface area contributed by atoms with Crippen molar-refractivity contribution in [2.75, 3.05) is 12.5 Å². The van der Waals surface area contributed by atoms with Gasteiger partial charge in [0, 0.05) is 5.88 Å². The van der Waals surface area contributed by atoms with E-state index >= 15 is 0 Å². The molecule has 0 bridgehead atoms. The fourth-order valence-corrected chi connectivity index (χ4v) is 3.11. The van der Waals surface area contributed by atoms with Crippen LogP contribution in [0.25, 0.3) is 11.1 Å². The maximum atomic E-state index is 5.92. The summed E-state index contributed by atoms with van der Waals surface area (Å²) in [5, 5.41) is 0. The molecule has 0 heterocycles. The van der Waals surface area contributed by atoms with Gasteiger partial charge in [-0.25, -0.2) is 0 Å². The molecule has 0 amide bonds. The number of unbranched alkanes of at least 4 members (excludes halogenated alkanes) is 2. The fraction of sp³-hybridized carbons (Fsp3) is 0.429. The highest BCUT2D eigenvalue weighted by Gasteiger charge is 2.09. The first-order valence-electron chi connectivity index (χ1n) is 8.70. The lowest BCUT2D eigenvalue weighted by Crippen LogP contribution is -1.98. The Bertz CT molecular complexity index is 584. The van der Waals surface area contributed by atoms with E-state index in [-0.39, 0.29) is 0 Å². The van der Waals surface area contributed by atoms with Crippen molar-refractivity contribution in [3.63, 3.8) is 0 Å². The molecule has 0 aliphatic rings. The lowest BCUT2D eigenvalue weighted by atomic mass is 9.92. The second-order valence-electron chi connectivity index (χ2n) is 5.78. The van der Waals surface area contributed by atoms with Crippen LogP contribution in [0, 0.1) is 0 Å². The second-order valence-corrected chi connectivity index (χ2v) is 6.16. The number of rotatable bonds is 9. The van der Waals surface area contributed by atoms with E-state index in [0.29, 0.717) is 0 Å². The zero-order valence-electron chi connectivity index (χ0n) is 14.3. The van der Waals surface area contributed by atoms with Crippen LogP contribution in [-0.2, 0) is 12.8 Å². The van der Waals surface area contributed by atoms with Crippen LogP contribution in [-0.4, -0.2) is 12.5 Å². The molecule has 0 saturated carbocycles. The largest absolute Gasteiger partial charge is 0.494 e. The summed E-state index contributed by atoms with van der Waals surface area (Å²) in [6.45, 7) is 5.20. The number of alkyl halides is 1. The monoisotopic (exact) mass is 330 g/mol. The van der Waals surface area contributed by atoms with Crippen molar-refractivity contribution in [1.29, 1.82) is 0 Å². The summed E-state index contributed by atoms with van der Waals surface area (Å²) in [5.74, 6) is 1.70. The second kappa shape index (κ2) is 9.62. The number of aryl methyl sites for hydroxylation is 2. The average Bonchev–Trinajstić information content (AvgIpc) is 2.61. The number of hydrogen-bond donors (Lipinski definition) is 0. The fourth-order valence-electron chi connectivity index (χ4n) is 2.92. The van der Waals surface area contributed by atoms with Crippen molar-refractivity contribution in [3.8, 4) is 16.9 Å². The number of benzene rings is 2. The third kappa shape index (κ3) is 5.00. The normalized spacial score (nSPS) is 10.7. The molecule has 0 radical (unpaired) electrons. The van der Waals surface area contributed by atoms with Crippen LogP contribution in [0.1, 0.15) is 44.2 Å². The molecule has 0 aliphatic heterocycles. The van der Waals surface area contributed by atoms with Gasteiger partial charge in [-0.15, -0.1) is 11.6 Å². The molecule has 0 aromatic heterocycles. The van der Waals surface area contributed by atoms with Crippen molar-refractivity contribution in [3.05, 3.63) is 53.6 Å². The predicted molar refractivity (Wildman–Crippen MR) is 101 cm³/mol. The van der Waals surface area contributed by atoms with E-state index in [1.807, 2.05) is 6.07 Å². The van der Waals surface area contributed by atoms with Crippen LogP contribution in [0.2, 0.25) is 0 Å². The standard InChI is InChI=1S/C21H27ClO/c1-3-17-10-8-11-18(4-2)21(17)19-12-9-13-20(16-19)23-15-7-5-6-14-22/h8-13,16H,3-7,14-15H2,1-2H3. The Balaban J connectivity index is 2.16. The maximum Gasteiger partial charge on any atom is 0.119 e. The van der Waals surface area contributed by atoms with E-state index in [1.54, 1.807) is 0 Å². The van der Waals surface area contributed by atoms with Gasteiger partial charge in [0.1, 0.15) is 5.75 Å². The van der Waals surface area contributed by atoms with E-state index in [4.69, 9.17) is 16.3 Å². The van der Waals surface area contributed by atoms with Crippen molar-refractivity contribution in [2.45, 2.75) is 46.0 Å². The number of hydrogen-bond acceptors (Lipinski definition) is 1. The molecular formula is C21H27ClO. The van der Waals surface area contributed by atoms with E-state index < -0.39 is 0 Å². The van der Waals surface area contributed by atoms with Gasteiger partial charge in [0.25, 0.3) is 0 Å². The Morgan fingerprint density at radius 2 is 1.57 bits per heavy atom. The molecule has 0 N–H and O–H groups in total. The van der Waals surface area contributed by atoms with Gasteiger partial charge in [0.05, 0.1) is 6.61 Å². The third-order valence-electron chi connectivity index (χ3n) is 4.17. The molecule has 2 aromatic carbocycles. The molecule has 2 heteroatoms. The van der Waals surface area contributed by atoms with Crippen molar-refractivity contribution >= 4 is 11.6 Å². The smallest absolute Gasteiger partial charge is 0.119 e. The van der Waals surface area contributed by atoms with Crippen LogP contribution in [0.4, 0.5) is 0 Å². The molecule has 2 aromatic rings. The van der Waals surface area contributed by atoms with Gasteiger partial charge in [-0.05, 0) is 66.5 Å². The van der Waals surface area contributed by atoms with Crippen LogP contribution >= 0.6 is 11.6 Å². The molecule has 23 heavy (non-hydrogen) atoms. The van der Waals surface area contributed by atoms with Gasteiger partial charge in [-0.1, -0.05) is 44.2 Å². The summed E-state index contributed by atoms with van der Waals surface area (Å²) in [6.07, 6.45) is 5.35. The van der Waals surface area contributed by atoms with Crippen LogP contribution < -0.4 is 4.74 Å². The minimum atomic E-state index is 0.739. The molecule has 0 saturated heterocycles. The molecule has 0 aliphatic carbocycles. The lowest BCUT2D eigenvalue weighted by molar-refractivity contribution is 0.306. The first-order chi connectivity index (χ1) is 11.3. The summed E-state index contributed by atoms with van der Waals surface area (Å²) >= 11 is 5.70. The van der Waals surface area contributed by atoms with Gasteiger partial charge >= 0.3 is 0 Å². The Labute approximate surface area is 145 Å². The molecule has 124 valence electrons. The minimum absolute atomic E-state index is 0.739. The van der Waals surface area contributed by atoms with Crippen LogP contribution in [0.3, 0.4) is 0 Å². The molecule has 0 spiro atoms. The highest BCUT2D eigenvalue weighted by atomic mass is 35.5. The minimum Gasteiger partial charge on any atom is -0.494 e. The summed E-state index contributed by atoms with van der Waals surface area (Å²) in [5.41, 5.74) is 5.45. The first-order valence-corrected chi connectivity index (χ1v) is 9.23. The predicted octanol–water partition coefficient (Wildman–Crippen LogP) is 6.27. The molecule has 1 nitrogen and oxygen atoms in total. The summed E-state index contributed by atoms with van der Waals surface area (Å²) in [4.78, 5) is 0. The zero-order valence-corrected chi connectivity index (χ0v) is 15.0. The maximum absolute atomic E-state index is 5.92. The van der Waals surface area contributed by atoms with Gasteiger partial charge < -0.3 is 4.74 Å². The number of halogens is 1. The third-order valence-corrected chi connectivity index (χ3v) is 4.44. The lowest BCUT2D eigenvalue weighted by Gasteiger charge is -2.15. The topological polar surface area (TPSA) is 9.23 Å². The van der Waals surface area contributed by atoms with E-state index in [9.17, 15) is 0 Å². The van der Waals surface area contributed by atoms with Gasteiger partial charge in [-0.3, -0.25) is 0 Å². The molecular weight excluding hydrogens is 304 g/mol. The van der Waals surface area contributed by atoms with E-state index in [0.717, 1.165) is 50.3 Å². The Morgan fingerprint density at radius 3 is 2.22 bits per heavy atom. The summed E-state index contributed by atoms with van der Waals surface area (Å²) in [6, 6.07) is 15.1. The summed E-state index contributed by atoms with van der Waals surface area (Å²) in [7, 11) is 0. The molecule has 0 atom stereocenters. The average molecular weight is 331 g/mol. The Hall–Kier alpha value is -1.47. The van der Waals surface area contributed by atoms with Crippen LogP contribution in [0.15, 0.2) is 42.5 Å². The van der Waals surface area contributed by atoms with Crippen molar-refractivity contribution in [2.24, 2.45) is 0 Å².